The van der Waals surface area contributed by atoms with Crippen LogP contribution in [-0.4, -0.2) is 49.4 Å². The quantitative estimate of drug-likeness (QED) is 0.744. The summed E-state index contributed by atoms with van der Waals surface area (Å²) in [5.41, 5.74) is 0. The average Bonchev–Trinajstić information content (AvgIpc) is 2.91. The summed E-state index contributed by atoms with van der Waals surface area (Å²) in [6.45, 7) is 2.38. The molecule has 0 aromatic carbocycles. The van der Waals surface area contributed by atoms with Gasteiger partial charge in [-0.1, -0.05) is 11.8 Å². The Morgan fingerprint density at radius 1 is 1.61 bits per heavy atom. The maximum atomic E-state index is 10.6. The Balaban J connectivity index is 2.24. The van der Waals surface area contributed by atoms with Crippen molar-refractivity contribution >= 4 is 17.7 Å². The highest BCUT2D eigenvalue weighted by Crippen LogP contribution is 2.31. The van der Waals surface area contributed by atoms with Crippen molar-refractivity contribution < 1.29 is 19.7 Å². The number of carboxylic acid groups (broad SMARTS) is 1. The third kappa shape index (κ3) is 2.65. The molecule has 0 bridgehead atoms. The van der Waals surface area contributed by atoms with E-state index in [0.29, 0.717) is 17.6 Å². The van der Waals surface area contributed by atoms with E-state index in [1.807, 2.05) is 6.92 Å². The number of rotatable bonds is 5. The molecular formula is C10H15N3O4S. The monoisotopic (exact) mass is 273 g/mol. The van der Waals surface area contributed by atoms with Gasteiger partial charge in [0.25, 0.3) is 0 Å². The second-order valence-corrected chi connectivity index (χ2v) is 4.98. The van der Waals surface area contributed by atoms with Gasteiger partial charge in [0.1, 0.15) is 6.61 Å². The SMILES string of the molecule is CC1OCCC1n1c(CO)nnc1SCC(=O)O. The summed E-state index contributed by atoms with van der Waals surface area (Å²) in [5.74, 6) is -0.535. The van der Waals surface area contributed by atoms with Gasteiger partial charge in [-0.3, -0.25) is 9.36 Å². The first kappa shape index (κ1) is 13.3. The highest BCUT2D eigenvalue weighted by Gasteiger charge is 2.30. The van der Waals surface area contributed by atoms with E-state index in [2.05, 4.69) is 10.2 Å². The highest BCUT2D eigenvalue weighted by molar-refractivity contribution is 7.99. The number of ether oxygens (including phenoxy) is 1. The second-order valence-electron chi connectivity index (χ2n) is 4.04. The van der Waals surface area contributed by atoms with Crippen molar-refractivity contribution in [2.45, 2.75) is 37.3 Å². The van der Waals surface area contributed by atoms with E-state index in [9.17, 15) is 9.90 Å². The standard InChI is InChI=1S/C10H15N3O4S/c1-6-7(2-3-17-6)13-8(4-14)11-12-10(13)18-5-9(15)16/h6-7,14H,2-5H2,1H3,(H,15,16). The van der Waals surface area contributed by atoms with Crippen LogP contribution < -0.4 is 0 Å². The Bertz CT molecular complexity index is 437. The number of aliphatic hydroxyl groups is 1. The molecular weight excluding hydrogens is 258 g/mol. The molecule has 1 fully saturated rings. The largest absolute Gasteiger partial charge is 0.481 e. The number of hydrogen-bond acceptors (Lipinski definition) is 6. The Hall–Kier alpha value is -1.12. The van der Waals surface area contributed by atoms with Crippen LogP contribution in [0.4, 0.5) is 0 Å². The molecule has 1 aromatic rings. The fourth-order valence-electron chi connectivity index (χ4n) is 2.03. The Labute approximate surface area is 108 Å². The van der Waals surface area contributed by atoms with E-state index in [4.69, 9.17) is 9.84 Å². The number of hydrogen-bond donors (Lipinski definition) is 2. The molecule has 1 aromatic heterocycles. The van der Waals surface area contributed by atoms with Gasteiger partial charge in [-0.2, -0.15) is 0 Å². The summed E-state index contributed by atoms with van der Waals surface area (Å²) < 4.78 is 7.28. The van der Waals surface area contributed by atoms with Gasteiger partial charge >= 0.3 is 5.97 Å². The second kappa shape index (κ2) is 5.68. The molecule has 100 valence electrons. The van der Waals surface area contributed by atoms with Gasteiger partial charge in [-0.25, -0.2) is 0 Å². The molecule has 2 unspecified atom stereocenters. The van der Waals surface area contributed by atoms with Gasteiger partial charge in [-0.15, -0.1) is 10.2 Å². The van der Waals surface area contributed by atoms with Crippen LogP contribution in [0, 0.1) is 0 Å². The molecule has 18 heavy (non-hydrogen) atoms. The lowest BCUT2D eigenvalue weighted by Gasteiger charge is -2.19. The van der Waals surface area contributed by atoms with Crippen molar-refractivity contribution in [3.63, 3.8) is 0 Å². The Morgan fingerprint density at radius 2 is 2.39 bits per heavy atom. The number of aliphatic carboxylic acids is 1. The lowest BCUT2D eigenvalue weighted by molar-refractivity contribution is -0.133. The van der Waals surface area contributed by atoms with Gasteiger partial charge in [0.05, 0.1) is 17.9 Å². The molecule has 2 rings (SSSR count). The van der Waals surface area contributed by atoms with Crippen LogP contribution >= 0.6 is 11.8 Å². The molecule has 8 heteroatoms. The molecule has 0 saturated carbocycles. The summed E-state index contributed by atoms with van der Waals surface area (Å²) in [5, 5.41) is 26.3. The van der Waals surface area contributed by atoms with Crippen LogP contribution in [0.25, 0.3) is 0 Å². The van der Waals surface area contributed by atoms with E-state index in [-0.39, 0.29) is 24.5 Å². The van der Waals surface area contributed by atoms with Gasteiger partial charge < -0.3 is 14.9 Å². The maximum Gasteiger partial charge on any atom is 0.313 e. The normalized spacial score (nSPS) is 23.4. The van der Waals surface area contributed by atoms with Crippen molar-refractivity contribution in [2.24, 2.45) is 0 Å². The van der Waals surface area contributed by atoms with Gasteiger partial charge in [-0.05, 0) is 13.3 Å². The summed E-state index contributed by atoms with van der Waals surface area (Å²) in [4.78, 5) is 10.6. The maximum absolute atomic E-state index is 10.6. The summed E-state index contributed by atoms with van der Waals surface area (Å²) >= 11 is 1.10. The number of carbonyl (C=O) groups is 1. The van der Waals surface area contributed by atoms with Gasteiger partial charge in [0, 0.05) is 6.61 Å². The molecule has 1 saturated heterocycles. The number of nitrogens with zero attached hydrogens (tertiary/aromatic N) is 3. The third-order valence-corrected chi connectivity index (χ3v) is 3.80. The zero-order chi connectivity index (χ0) is 13.1. The first-order valence-electron chi connectivity index (χ1n) is 5.64. The zero-order valence-corrected chi connectivity index (χ0v) is 10.8. The van der Waals surface area contributed by atoms with Crippen LogP contribution in [-0.2, 0) is 16.1 Å². The number of thioether (sulfide) groups is 1. The number of aromatic nitrogens is 3. The van der Waals surface area contributed by atoms with Crippen LogP contribution in [0.3, 0.4) is 0 Å². The summed E-state index contributed by atoms with van der Waals surface area (Å²) in [6.07, 6.45) is 0.822. The van der Waals surface area contributed by atoms with Crippen molar-refractivity contribution in [3.05, 3.63) is 5.82 Å². The third-order valence-electron chi connectivity index (χ3n) is 2.87. The first-order chi connectivity index (χ1) is 8.63. The molecule has 0 spiro atoms. The minimum atomic E-state index is -0.907. The van der Waals surface area contributed by atoms with Crippen LogP contribution in [0.2, 0.25) is 0 Å². The van der Waals surface area contributed by atoms with Crippen molar-refractivity contribution in [1.29, 1.82) is 0 Å². The van der Waals surface area contributed by atoms with Crippen LogP contribution in [0.15, 0.2) is 5.16 Å². The molecule has 1 aliphatic heterocycles. The fraction of sp³-hybridized carbons (Fsp3) is 0.700. The molecule has 0 aliphatic carbocycles. The molecule has 1 aliphatic rings. The Morgan fingerprint density at radius 3 is 2.94 bits per heavy atom. The van der Waals surface area contributed by atoms with Crippen LogP contribution in [0.1, 0.15) is 25.2 Å². The van der Waals surface area contributed by atoms with E-state index in [1.54, 1.807) is 4.57 Å². The van der Waals surface area contributed by atoms with E-state index < -0.39 is 5.97 Å². The van der Waals surface area contributed by atoms with E-state index in [0.717, 1.165) is 18.2 Å². The molecule has 2 heterocycles. The lowest BCUT2D eigenvalue weighted by atomic mass is 10.1. The molecule has 2 atom stereocenters. The summed E-state index contributed by atoms with van der Waals surface area (Å²) in [7, 11) is 0. The number of aliphatic hydroxyl groups excluding tert-OH is 1. The van der Waals surface area contributed by atoms with Crippen molar-refractivity contribution in [2.75, 3.05) is 12.4 Å². The minimum Gasteiger partial charge on any atom is -0.481 e. The predicted molar refractivity (Wildman–Crippen MR) is 63.4 cm³/mol. The Kier molecular flexibility index (Phi) is 4.20. The molecule has 0 amide bonds. The van der Waals surface area contributed by atoms with Gasteiger partial charge in [0.2, 0.25) is 0 Å². The van der Waals surface area contributed by atoms with Crippen LogP contribution in [0.5, 0.6) is 0 Å². The summed E-state index contributed by atoms with van der Waals surface area (Å²) in [6, 6.07) is 0.0541. The molecule has 2 N–H and O–H groups in total. The minimum absolute atomic E-state index is 0.00970. The first-order valence-corrected chi connectivity index (χ1v) is 6.63. The lowest BCUT2D eigenvalue weighted by Crippen LogP contribution is -2.20. The highest BCUT2D eigenvalue weighted by atomic mass is 32.2. The average molecular weight is 273 g/mol. The smallest absolute Gasteiger partial charge is 0.313 e. The zero-order valence-electron chi connectivity index (χ0n) is 9.94. The van der Waals surface area contributed by atoms with E-state index in [1.165, 1.54) is 0 Å². The topological polar surface area (TPSA) is 97.5 Å². The molecule has 7 nitrogen and oxygen atoms in total. The van der Waals surface area contributed by atoms with Crippen molar-refractivity contribution in [1.82, 2.24) is 14.8 Å². The number of carboxylic acids is 1. The van der Waals surface area contributed by atoms with E-state index >= 15 is 0 Å². The fourth-order valence-corrected chi connectivity index (χ4v) is 2.76. The van der Waals surface area contributed by atoms with Crippen molar-refractivity contribution in [3.8, 4) is 0 Å². The predicted octanol–water partition coefficient (Wildman–Crippen LogP) is 0.297. The van der Waals surface area contributed by atoms with Gasteiger partial charge in [0.15, 0.2) is 11.0 Å². The molecule has 0 radical (unpaired) electrons.